The largest absolute Gasteiger partial charge is 0.508 e. The second-order valence-electron chi connectivity index (χ2n) is 4.58. The number of carbonyl (C=O) groups is 2. The Morgan fingerprint density at radius 3 is 2.62 bits per heavy atom. The molecular weight excluding hydrogens is 274 g/mol. The van der Waals surface area contributed by atoms with Crippen LogP contribution in [-0.2, 0) is 27.9 Å². The van der Waals surface area contributed by atoms with E-state index >= 15 is 0 Å². The summed E-state index contributed by atoms with van der Waals surface area (Å²) in [6.45, 7) is 3.24. The molecule has 0 bridgehead atoms. The Morgan fingerprint density at radius 1 is 1.29 bits per heavy atom. The van der Waals surface area contributed by atoms with Gasteiger partial charge in [-0.1, -0.05) is 0 Å². The first-order valence-electron chi connectivity index (χ1n) is 6.56. The highest BCUT2D eigenvalue weighted by Crippen LogP contribution is 2.29. The van der Waals surface area contributed by atoms with Crippen molar-refractivity contribution in [2.45, 2.75) is 20.5 Å². The highest BCUT2D eigenvalue weighted by molar-refractivity contribution is 6.06. The second kappa shape index (κ2) is 5.87. The van der Waals surface area contributed by atoms with E-state index in [-0.39, 0.29) is 19.0 Å². The molecule has 1 heterocycles. The number of benzene rings is 1. The van der Waals surface area contributed by atoms with Crippen LogP contribution >= 0.6 is 0 Å². The van der Waals surface area contributed by atoms with Crippen molar-refractivity contribution in [3.63, 3.8) is 0 Å². The maximum atomic E-state index is 12.2. The van der Waals surface area contributed by atoms with Gasteiger partial charge in [0, 0.05) is 25.4 Å². The molecule has 0 aliphatic heterocycles. The maximum absolute atomic E-state index is 12.2. The Labute approximate surface area is 121 Å². The van der Waals surface area contributed by atoms with Gasteiger partial charge in [-0.3, -0.25) is 4.79 Å². The SMILES string of the molecule is CCOC(=O)c1c(COC(C)=O)n(C)c2cc(O)ccc12. The van der Waals surface area contributed by atoms with Gasteiger partial charge in [-0.2, -0.15) is 0 Å². The minimum atomic E-state index is -0.476. The topological polar surface area (TPSA) is 77.8 Å². The predicted molar refractivity (Wildman–Crippen MR) is 76.0 cm³/mol. The molecule has 0 aliphatic rings. The third kappa shape index (κ3) is 2.84. The lowest BCUT2D eigenvalue weighted by atomic mass is 10.1. The number of phenolic OH excluding ortho intramolecular Hbond substituents is 1. The number of esters is 2. The number of aryl methyl sites for hydroxylation is 1. The summed E-state index contributed by atoms with van der Waals surface area (Å²) in [4.78, 5) is 23.2. The Hall–Kier alpha value is -2.50. The number of hydrogen-bond donors (Lipinski definition) is 1. The first kappa shape index (κ1) is 14.9. The standard InChI is InChI=1S/C15H17NO5/c1-4-20-15(19)14-11-6-5-10(18)7-12(11)16(3)13(14)8-21-9(2)17/h5-7,18H,4,8H2,1-3H3. The van der Waals surface area contributed by atoms with Gasteiger partial charge in [0.2, 0.25) is 0 Å². The highest BCUT2D eigenvalue weighted by Gasteiger charge is 2.23. The van der Waals surface area contributed by atoms with Crippen LogP contribution < -0.4 is 0 Å². The third-order valence-electron chi connectivity index (χ3n) is 3.20. The Balaban J connectivity index is 2.62. The van der Waals surface area contributed by atoms with Crippen molar-refractivity contribution in [3.05, 3.63) is 29.5 Å². The van der Waals surface area contributed by atoms with Crippen molar-refractivity contribution in [2.24, 2.45) is 7.05 Å². The Kier molecular flexibility index (Phi) is 4.16. The molecule has 2 rings (SSSR count). The fraction of sp³-hybridized carbons (Fsp3) is 0.333. The van der Waals surface area contributed by atoms with Crippen LogP contribution in [0.3, 0.4) is 0 Å². The molecule has 1 N–H and O–H groups in total. The monoisotopic (exact) mass is 291 g/mol. The first-order chi connectivity index (χ1) is 9.95. The van der Waals surface area contributed by atoms with Crippen molar-refractivity contribution in [1.29, 1.82) is 0 Å². The summed E-state index contributed by atoms with van der Waals surface area (Å²) in [6.07, 6.45) is 0. The molecule has 1 aromatic heterocycles. The zero-order chi connectivity index (χ0) is 15.6. The highest BCUT2D eigenvalue weighted by atomic mass is 16.5. The molecule has 6 nitrogen and oxygen atoms in total. The van der Waals surface area contributed by atoms with E-state index in [1.54, 1.807) is 30.7 Å². The summed E-state index contributed by atoms with van der Waals surface area (Å²) in [5, 5.41) is 10.2. The lowest BCUT2D eigenvalue weighted by Gasteiger charge is -2.07. The number of nitrogens with zero attached hydrogens (tertiary/aromatic N) is 1. The number of aromatic hydroxyl groups is 1. The third-order valence-corrected chi connectivity index (χ3v) is 3.20. The van der Waals surface area contributed by atoms with Gasteiger partial charge in [0.1, 0.15) is 12.4 Å². The van der Waals surface area contributed by atoms with Gasteiger partial charge in [-0.25, -0.2) is 4.79 Å². The molecule has 21 heavy (non-hydrogen) atoms. The molecule has 0 spiro atoms. The fourth-order valence-corrected chi connectivity index (χ4v) is 2.25. The predicted octanol–water partition coefficient (Wildman–Crippen LogP) is 2.12. The van der Waals surface area contributed by atoms with E-state index < -0.39 is 11.9 Å². The van der Waals surface area contributed by atoms with Gasteiger partial charge in [0.15, 0.2) is 0 Å². The van der Waals surface area contributed by atoms with E-state index in [0.717, 1.165) is 0 Å². The van der Waals surface area contributed by atoms with Crippen LogP contribution in [0.25, 0.3) is 10.9 Å². The zero-order valence-electron chi connectivity index (χ0n) is 12.2. The molecule has 112 valence electrons. The summed E-state index contributed by atoms with van der Waals surface area (Å²) >= 11 is 0. The zero-order valence-corrected chi connectivity index (χ0v) is 12.2. The molecule has 1 aromatic carbocycles. The summed E-state index contributed by atoms with van der Waals surface area (Å²) < 4.78 is 11.8. The van der Waals surface area contributed by atoms with Crippen LogP contribution in [0.2, 0.25) is 0 Å². The first-order valence-corrected chi connectivity index (χ1v) is 6.56. The van der Waals surface area contributed by atoms with Gasteiger partial charge in [0.25, 0.3) is 0 Å². The van der Waals surface area contributed by atoms with Crippen LogP contribution in [0.4, 0.5) is 0 Å². The van der Waals surface area contributed by atoms with Crippen LogP contribution in [0.15, 0.2) is 18.2 Å². The molecule has 0 fully saturated rings. The van der Waals surface area contributed by atoms with E-state index in [0.29, 0.717) is 22.2 Å². The Morgan fingerprint density at radius 2 is 2.00 bits per heavy atom. The van der Waals surface area contributed by atoms with Crippen LogP contribution in [-0.4, -0.2) is 28.2 Å². The number of phenols is 1. The van der Waals surface area contributed by atoms with Crippen LogP contribution in [0.1, 0.15) is 29.9 Å². The molecule has 0 atom stereocenters. The van der Waals surface area contributed by atoms with Gasteiger partial charge in [0.05, 0.1) is 23.4 Å². The second-order valence-corrected chi connectivity index (χ2v) is 4.58. The molecule has 0 aliphatic carbocycles. The number of carbonyl (C=O) groups excluding carboxylic acids is 2. The average Bonchev–Trinajstić information content (AvgIpc) is 2.69. The lowest BCUT2D eigenvalue weighted by Crippen LogP contribution is -2.11. The van der Waals surface area contributed by atoms with Crippen LogP contribution in [0.5, 0.6) is 5.75 Å². The van der Waals surface area contributed by atoms with Crippen molar-refractivity contribution in [1.82, 2.24) is 4.57 Å². The molecule has 6 heteroatoms. The number of fused-ring (bicyclic) bond motifs is 1. The van der Waals surface area contributed by atoms with E-state index in [2.05, 4.69) is 0 Å². The Bertz CT molecular complexity index is 702. The average molecular weight is 291 g/mol. The van der Waals surface area contributed by atoms with Crippen molar-refractivity contribution >= 4 is 22.8 Å². The van der Waals surface area contributed by atoms with Gasteiger partial charge in [-0.15, -0.1) is 0 Å². The van der Waals surface area contributed by atoms with E-state index in [1.807, 2.05) is 0 Å². The summed E-state index contributed by atoms with van der Waals surface area (Å²) in [7, 11) is 1.74. The van der Waals surface area contributed by atoms with Crippen molar-refractivity contribution < 1.29 is 24.2 Å². The molecular formula is C15H17NO5. The number of aromatic nitrogens is 1. The summed E-state index contributed by atoms with van der Waals surface area (Å²) in [5.41, 5.74) is 1.56. The molecule has 0 saturated carbocycles. The number of rotatable bonds is 4. The summed E-state index contributed by atoms with van der Waals surface area (Å²) in [5.74, 6) is -0.814. The van der Waals surface area contributed by atoms with E-state index in [9.17, 15) is 14.7 Å². The molecule has 0 radical (unpaired) electrons. The molecule has 0 unspecified atom stereocenters. The fourth-order valence-electron chi connectivity index (χ4n) is 2.25. The minimum absolute atomic E-state index is 0.0323. The normalized spacial score (nSPS) is 10.6. The van der Waals surface area contributed by atoms with Gasteiger partial charge in [-0.05, 0) is 19.1 Å². The summed E-state index contributed by atoms with van der Waals surface area (Å²) in [6, 6.07) is 4.70. The number of ether oxygens (including phenoxy) is 2. The van der Waals surface area contributed by atoms with E-state index in [1.165, 1.54) is 13.0 Å². The molecule has 0 amide bonds. The minimum Gasteiger partial charge on any atom is -0.508 e. The van der Waals surface area contributed by atoms with Gasteiger partial charge >= 0.3 is 11.9 Å². The molecule has 0 saturated heterocycles. The van der Waals surface area contributed by atoms with Crippen LogP contribution in [0, 0.1) is 0 Å². The van der Waals surface area contributed by atoms with Crippen molar-refractivity contribution in [3.8, 4) is 5.75 Å². The van der Waals surface area contributed by atoms with E-state index in [4.69, 9.17) is 9.47 Å². The lowest BCUT2D eigenvalue weighted by molar-refractivity contribution is -0.142. The van der Waals surface area contributed by atoms with Gasteiger partial charge < -0.3 is 19.1 Å². The number of hydrogen-bond acceptors (Lipinski definition) is 5. The smallest absolute Gasteiger partial charge is 0.340 e. The quantitative estimate of drug-likeness (QED) is 0.873. The van der Waals surface area contributed by atoms with Crippen molar-refractivity contribution in [2.75, 3.05) is 6.61 Å². The maximum Gasteiger partial charge on any atom is 0.340 e. The molecule has 2 aromatic rings.